The summed E-state index contributed by atoms with van der Waals surface area (Å²) in [5.41, 5.74) is 1.06. The number of allylic oxidation sites excluding steroid dienone is 1. The number of rotatable bonds is 10. The summed E-state index contributed by atoms with van der Waals surface area (Å²) in [7, 11) is 0. The van der Waals surface area contributed by atoms with E-state index in [2.05, 4.69) is 22.1 Å². The fraction of sp³-hybridized carbons (Fsp3) is 0.217. The molecule has 1 atom stereocenters. The molecule has 3 rings (SSSR count). The number of ether oxygens (including phenoxy) is 1. The third-order valence-corrected chi connectivity index (χ3v) is 5.77. The molecule has 2 aromatic carbocycles. The van der Waals surface area contributed by atoms with Gasteiger partial charge in [-0.2, -0.15) is 0 Å². The minimum absolute atomic E-state index is 0.0798. The molecule has 10 heteroatoms. The number of nitrogens with zero attached hydrogens (tertiary/aromatic N) is 3. The van der Waals surface area contributed by atoms with Gasteiger partial charge in [-0.1, -0.05) is 41.6 Å². The molecule has 0 aliphatic carbocycles. The largest absolute Gasteiger partial charge is 0.481 e. The van der Waals surface area contributed by atoms with Gasteiger partial charge in [-0.15, -0.1) is 16.8 Å². The number of benzene rings is 2. The Kier molecular flexibility index (Phi) is 8.24. The first kappa shape index (κ1) is 24.5. The Morgan fingerprint density at radius 3 is 2.79 bits per heavy atom. The average molecular weight is 489 g/mol. The van der Waals surface area contributed by atoms with Gasteiger partial charge in [-0.05, 0) is 44.2 Å². The summed E-state index contributed by atoms with van der Waals surface area (Å²) >= 11 is 7.26. The lowest BCUT2D eigenvalue weighted by Gasteiger charge is -2.16. The molecule has 1 heterocycles. The van der Waals surface area contributed by atoms with Crippen LogP contribution in [0.25, 0.3) is 0 Å². The van der Waals surface area contributed by atoms with Crippen LogP contribution in [0.2, 0.25) is 5.02 Å². The Labute approximate surface area is 200 Å². The molecule has 33 heavy (non-hydrogen) atoms. The van der Waals surface area contributed by atoms with Crippen molar-refractivity contribution in [3.05, 3.63) is 77.3 Å². The van der Waals surface area contributed by atoms with Crippen LogP contribution in [0.5, 0.6) is 5.75 Å². The van der Waals surface area contributed by atoms with Gasteiger partial charge in [-0.3, -0.25) is 14.2 Å². The van der Waals surface area contributed by atoms with Crippen molar-refractivity contribution in [1.82, 2.24) is 14.8 Å². The lowest BCUT2D eigenvalue weighted by Crippen LogP contribution is -2.16. The predicted octanol–water partition coefficient (Wildman–Crippen LogP) is 5.33. The summed E-state index contributed by atoms with van der Waals surface area (Å²) in [6.45, 7) is 7.40. The summed E-state index contributed by atoms with van der Waals surface area (Å²) in [4.78, 5) is 23.9. The van der Waals surface area contributed by atoms with Crippen molar-refractivity contribution < 1.29 is 18.7 Å². The second-order valence-electron chi connectivity index (χ2n) is 7.05. The quantitative estimate of drug-likeness (QED) is 0.236. The maximum atomic E-state index is 13.3. The number of anilines is 1. The number of carbonyl (C=O) groups excluding carboxylic acids is 2. The van der Waals surface area contributed by atoms with E-state index in [1.165, 1.54) is 36.9 Å². The molecule has 0 aliphatic rings. The van der Waals surface area contributed by atoms with Gasteiger partial charge in [0.2, 0.25) is 5.91 Å². The highest BCUT2D eigenvalue weighted by molar-refractivity contribution is 7.99. The summed E-state index contributed by atoms with van der Waals surface area (Å²) < 4.78 is 20.9. The molecule has 3 aromatic rings. The van der Waals surface area contributed by atoms with Gasteiger partial charge in [-0.25, -0.2) is 4.39 Å². The Hall–Kier alpha value is -3.17. The standard InChI is InChI=1S/C23H22ClFN4O3S/c1-4-10-29-22(15(3)32-20-9-8-17(25)12-19(20)24)27-28-23(29)33-13-21(31)26-18-7-5-6-16(11-18)14(2)30/h4-9,11-12,15H,1,10,13H2,2-3H3,(H,26,31). The van der Waals surface area contributed by atoms with Crippen molar-refractivity contribution in [2.75, 3.05) is 11.1 Å². The number of halogens is 2. The molecular formula is C23H22ClFN4O3S. The number of Topliss-reactive ketones (excluding diaryl/α,β-unsaturated/α-hetero) is 1. The minimum atomic E-state index is -0.544. The third-order valence-electron chi connectivity index (χ3n) is 4.50. The molecule has 0 aliphatic heterocycles. The van der Waals surface area contributed by atoms with E-state index < -0.39 is 11.9 Å². The number of amides is 1. The number of thioether (sulfide) groups is 1. The summed E-state index contributed by atoms with van der Waals surface area (Å²) in [6.07, 6.45) is 1.14. The van der Waals surface area contributed by atoms with Gasteiger partial charge in [0.25, 0.3) is 0 Å². The van der Waals surface area contributed by atoms with Crippen LogP contribution in [-0.4, -0.2) is 32.2 Å². The second-order valence-corrected chi connectivity index (χ2v) is 8.40. The molecule has 0 saturated carbocycles. The Balaban J connectivity index is 1.68. The lowest BCUT2D eigenvalue weighted by atomic mass is 10.1. The van der Waals surface area contributed by atoms with E-state index in [9.17, 15) is 14.0 Å². The zero-order valence-electron chi connectivity index (χ0n) is 18.0. The fourth-order valence-electron chi connectivity index (χ4n) is 2.97. The molecule has 1 N–H and O–H groups in total. The molecule has 0 radical (unpaired) electrons. The number of hydrogen-bond acceptors (Lipinski definition) is 6. The molecular weight excluding hydrogens is 467 g/mol. The van der Waals surface area contributed by atoms with Gasteiger partial charge in [0, 0.05) is 17.8 Å². The number of hydrogen-bond donors (Lipinski definition) is 1. The maximum absolute atomic E-state index is 13.3. The first-order valence-corrected chi connectivity index (χ1v) is 11.3. The van der Waals surface area contributed by atoms with E-state index in [1.54, 1.807) is 41.8 Å². The smallest absolute Gasteiger partial charge is 0.234 e. The fourth-order valence-corrected chi connectivity index (χ4v) is 3.93. The van der Waals surface area contributed by atoms with E-state index in [0.29, 0.717) is 34.5 Å². The average Bonchev–Trinajstić information content (AvgIpc) is 3.17. The van der Waals surface area contributed by atoms with E-state index in [-0.39, 0.29) is 22.5 Å². The summed E-state index contributed by atoms with van der Waals surface area (Å²) in [5, 5.41) is 11.8. The molecule has 1 unspecified atom stereocenters. The van der Waals surface area contributed by atoms with Crippen molar-refractivity contribution in [3.8, 4) is 5.75 Å². The Bertz CT molecular complexity index is 1180. The number of ketones is 1. The highest BCUT2D eigenvalue weighted by Gasteiger charge is 2.21. The SMILES string of the molecule is C=CCn1c(SCC(=O)Nc2cccc(C(C)=O)c2)nnc1C(C)Oc1ccc(F)cc1Cl. The zero-order valence-corrected chi connectivity index (χ0v) is 19.6. The third kappa shape index (κ3) is 6.43. The Morgan fingerprint density at radius 1 is 1.30 bits per heavy atom. The van der Waals surface area contributed by atoms with Crippen LogP contribution < -0.4 is 10.1 Å². The zero-order chi connectivity index (χ0) is 24.0. The van der Waals surface area contributed by atoms with Gasteiger partial charge >= 0.3 is 0 Å². The van der Waals surface area contributed by atoms with Crippen LogP contribution in [0, 0.1) is 5.82 Å². The second kappa shape index (κ2) is 11.1. The highest BCUT2D eigenvalue weighted by Crippen LogP contribution is 2.30. The van der Waals surface area contributed by atoms with Gasteiger partial charge in [0.05, 0.1) is 10.8 Å². The van der Waals surface area contributed by atoms with Crippen molar-refractivity contribution in [3.63, 3.8) is 0 Å². The maximum Gasteiger partial charge on any atom is 0.234 e. The van der Waals surface area contributed by atoms with Crippen LogP contribution in [0.15, 0.2) is 60.3 Å². The summed E-state index contributed by atoms with van der Waals surface area (Å²) in [6, 6.07) is 10.6. The molecule has 1 amide bonds. The number of carbonyl (C=O) groups is 2. The molecule has 0 saturated heterocycles. The normalized spacial score (nSPS) is 11.6. The van der Waals surface area contributed by atoms with Crippen molar-refractivity contribution >= 4 is 40.7 Å². The van der Waals surface area contributed by atoms with E-state index in [4.69, 9.17) is 16.3 Å². The van der Waals surface area contributed by atoms with Crippen molar-refractivity contribution in [2.45, 2.75) is 31.7 Å². The van der Waals surface area contributed by atoms with Crippen LogP contribution in [0.3, 0.4) is 0 Å². The molecule has 0 fully saturated rings. The van der Waals surface area contributed by atoms with Crippen LogP contribution in [-0.2, 0) is 11.3 Å². The first-order valence-electron chi connectivity index (χ1n) is 9.97. The lowest BCUT2D eigenvalue weighted by molar-refractivity contribution is -0.113. The number of nitrogens with one attached hydrogen (secondary N) is 1. The van der Waals surface area contributed by atoms with Gasteiger partial charge in [0.1, 0.15) is 11.6 Å². The van der Waals surface area contributed by atoms with Crippen LogP contribution in [0.1, 0.15) is 36.1 Å². The summed E-state index contributed by atoms with van der Waals surface area (Å²) in [5.74, 6) is 0.118. The van der Waals surface area contributed by atoms with Crippen molar-refractivity contribution in [1.29, 1.82) is 0 Å². The minimum Gasteiger partial charge on any atom is -0.481 e. The predicted molar refractivity (Wildman–Crippen MR) is 126 cm³/mol. The number of aromatic nitrogens is 3. The molecule has 0 bridgehead atoms. The van der Waals surface area contributed by atoms with Crippen LogP contribution in [0.4, 0.5) is 10.1 Å². The molecule has 1 aromatic heterocycles. The highest BCUT2D eigenvalue weighted by atomic mass is 35.5. The van der Waals surface area contributed by atoms with E-state index >= 15 is 0 Å². The molecule has 172 valence electrons. The van der Waals surface area contributed by atoms with Crippen molar-refractivity contribution in [2.24, 2.45) is 0 Å². The Morgan fingerprint density at radius 2 is 2.09 bits per heavy atom. The van der Waals surface area contributed by atoms with Crippen LogP contribution >= 0.6 is 23.4 Å². The monoisotopic (exact) mass is 488 g/mol. The van der Waals surface area contributed by atoms with Gasteiger partial charge < -0.3 is 10.1 Å². The molecule has 7 nitrogen and oxygen atoms in total. The van der Waals surface area contributed by atoms with E-state index in [1.807, 2.05) is 0 Å². The van der Waals surface area contributed by atoms with Gasteiger partial charge in [0.15, 0.2) is 22.9 Å². The topological polar surface area (TPSA) is 86.1 Å². The molecule has 0 spiro atoms. The van der Waals surface area contributed by atoms with E-state index in [0.717, 1.165) is 0 Å². The first-order chi connectivity index (χ1) is 15.8.